The van der Waals surface area contributed by atoms with Gasteiger partial charge in [0.2, 0.25) is 11.8 Å². The van der Waals surface area contributed by atoms with E-state index in [2.05, 4.69) is 36.6 Å². The molecular formula is C28H33N7O6S. The van der Waals surface area contributed by atoms with Gasteiger partial charge in [-0.1, -0.05) is 57.2 Å². The molecule has 3 rings (SSSR count). The summed E-state index contributed by atoms with van der Waals surface area (Å²) in [6, 6.07) is 12.5. The van der Waals surface area contributed by atoms with Crippen LogP contribution in [-0.4, -0.2) is 57.4 Å². The number of benzene rings is 1. The Morgan fingerprint density at radius 2 is 1.64 bits per heavy atom. The minimum absolute atomic E-state index is 0.0315. The van der Waals surface area contributed by atoms with E-state index in [4.69, 9.17) is 0 Å². The maximum Gasteiger partial charge on any atom is 0.321 e. The third-order valence-corrected chi connectivity index (χ3v) is 6.72. The number of hydrogen-bond donors (Lipinski definition) is 6. The van der Waals surface area contributed by atoms with Gasteiger partial charge in [-0.25, -0.2) is 9.78 Å². The smallest absolute Gasteiger partial charge is 0.321 e. The molecule has 6 N–H and O–H groups in total. The number of carboxylic acids is 1. The minimum Gasteiger partial charge on any atom is -0.481 e. The molecule has 0 spiro atoms. The summed E-state index contributed by atoms with van der Waals surface area (Å²) in [4.78, 5) is 70.9. The second-order valence-electron chi connectivity index (χ2n) is 10.3. The number of aliphatic carboxylic acids is 1. The van der Waals surface area contributed by atoms with Crippen LogP contribution < -0.4 is 26.6 Å². The number of thiazole rings is 1. The van der Waals surface area contributed by atoms with Gasteiger partial charge in [-0.3, -0.25) is 29.5 Å². The fourth-order valence-electron chi connectivity index (χ4n) is 3.93. The highest BCUT2D eigenvalue weighted by atomic mass is 32.1. The number of urea groups is 1. The molecule has 5 amide bonds. The fourth-order valence-corrected chi connectivity index (χ4v) is 4.62. The Balaban J connectivity index is 1.56. The summed E-state index contributed by atoms with van der Waals surface area (Å²) < 4.78 is 0. The number of carbonyl (C=O) groups excluding carboxylic acids is 4. The molecule has 2 atom stereocenters. The first-order valence-electron chi connectivity index (χ1n) is 13.0. The SMILES string of the molecule is CC(C)(C)[C@H](C(=O)O)C(NC(=O)CNC(=O)c1csc(NC(=O)NCc2ccccc2)n1)C(=O)NCc1ccccn1. The highest BCUT2D eigenvalue weighted by molar-refractivity contribution is 7.14. The summed E-state index contributed by atoms with van der Waals surface area (Å²) in [5.74, 6) is -4.71. The first-order valence-corrected chi connectivity index (χ1v) is 13.8. The number of carboxylic acid groups (broad SMARTS) is 1. The Hall–Kier alpha value is -4.85. The Morgan fingerprint density at radius 1 is 0.929 bits per heavy atom. The molecular weight excluding hydrogens is 562 g/mol. The molecule has 2 heterocycles. The van der Waals surface area contributed by atoms with Crippen LogP contribution in [0.15, 0.2) is 60.1 Å². The van der Waals surface area contributed by atoms with Crippen molar-refractivity contribution in [2.75, 3.05) is 11.9 Å². The monoisotopic (exact) mass is 595 g/mol. The maximum atomic E-state index is 13.1. The van der Waals surface area contributed by atoms with E-state index in [0.717, 1.165) is 16.9 Å². The molecule has 0 saturated carbocycles. The van der Waals surface area contributed by atoms with E-state index in [-0.39, 0.29) is 17.4 Å². The van der Waals surface area contributed by atoms with Crippen LogP contribution in [0.4, 0.5) is 9.93 Å². The van der Waals surface area contributed by atoms with E-state index in [1.807, 2.05) is 30.3 Å². The van der Waals surface area contributed by atoms with Crippen molar-refractivity contribution in [3.63, 3.8) is 0 Å². The molecule has 2 aromatic heterocycles. The summed E-state index contributed by atoms with van der Waals surface area (Å²) in [6.07, 6.45) is 1.56. The molecule has 13 nitrogen and oxygen atoms in total. The number of anilines is 1. The molecule has 1 unspecified atom stereocenters. The van der Waals surface area contributed by atoms with Crippen molar-refractivity contribution >= 4 is 46.2 Å². The molecule has 222 valence electrons. The fraction of sp³-hybridized carbons (Fsp3) is 0.321. The van der Waals surface area contributed by atoms with E-state index in [1.54, 1.807) is 45.2 Å². The lowest BCUT2D eigenvalue weighted by Gasteiger charge is -2.33. The van der Waals surface area contributed by atoms with Gasteiger partial charge in [-0.05, 0) is 23.1 Å². The van der Waals surface area contributed by atoms with Crippen LogP contribution in [0.2, 0.25) is 0 Å². The molecule has 0 bridgehead atoms. The highest BCUT2D eigenvalue weighted by Crippen LogP contribution is 2.29. The van der Waals surface area contributed by atoms with Gasteiger partial charge in [0, 0.05) is 18.1 Å². The van der Waals surface area contributed by atoms with Gasteiger partial charge in [0.15, 0.2) is 5.13 Å². The lowest BCUT2D eigenvalue weighted by Crippen LogP contribution is -2.57. The number of pyridine rings is 1. The Labute approximate surface area is 246 Å². The van der Waals surface area contributed by atoms with Crippen molar-refractivity contribution in [3.8, 4) is 0 Å². The zero-order chi connectivity index (χ0) is 30.7. The van der Waals surface area contributed by atoms with Crippen molar-refractivity contribution in [3.05, 3.63) is 77.1 Å². The molecule has 0 aliphatic rings. The van der Waals surface area contributed by atoms with Crippen molar-refractivity contribution in [1.29, 1.82) is 0 Å². The topological polar surface area (TPSA) is 192 Å². The Kier molecular flexibility index (Phi) is 11.1. The van der Waals surface area contributed by atoms with Crippen LogP contribution in [0.3, 0.4) is 0 Å². The normalized spacial score (nSPS) is 12.4. The van der Waals surface area contributed by atoms with Crippen molar-refractivity contribution < 1.29 is 29.1 Å². The molecule has 0 radical (unpaired) electrons. The standard InChI is InChI=1S/C28H33N7O6S/c1-28(2,3)21(25(39)40)22(24(38)30-14-18-11-7-8-12-29-18)34-20(36)15-31-23(37)19-16-42-27(33-19)35-26(41)32-13-17-9-5-4-6-10-17/h4-12,16,21-22H,13-15H2,1-3H3,(H,30,38)(H,31,37)(H,34,36)(H,39,40)(H2,32,33,35,41)/t21-,22?/m0/s1. The number of carbonyl (C=O) groups is 5. The molecule has 0 fully saturated rings. The van der Waals surface area contributed by atoms with E-state index in [9.17, 15) is 29.1 Å². The van der Waals surface area contributed by atoms with Crippen molar-refractivity contribution in [1.82, 2.24) is 31.2 Å². The van der Waals surface area contributed by atoms with E-state index >= 15 is 0 Å². The lowest BCUT2D eigenvalue weighted by molar-refractivity contribution is -0.150. The van der Waals surface area contributed by atoms with Crippen LogP contribution in [0.25, 0.3) is 0 Å². The summed E-state index contributed by atoms with van der Waals surface area (Å²) in [6.45, 7) is 4.74. The predicted octanol–water partition coefficient (Wildman–Crippen LogP) is 2.14. The number of hydrogen-bond acceptors (Lipinski definition) is 8. The third-order valence-electron chi connectivity index (χ3n) is 5.96. The number of aromatic nitrogens is 2. The van der Waals surface area contributed by atoms with Gasteiger partial charge >= 0.3 is 12.0 Å². The van der Waals surface area contributed by atoms with Crippen LogP contribution in [0, 0.1) is 11.3 Å². The van der Waals surface area contributed by atoms with Crippen LogP contribution in [-0.2, 0) is 27.5 Å². The van der Waals surface area contributed by atoms with Crippen LogP contribution in [0.5, 0.6) is 0 Å². The van der Waals surface area contributed by atoms with Crippen LogP contribution >= 0.6 is 11.3 Å². The molecule has 3 aromatic rings. The molecule has 42 heavy (non-hydrogen) atoms. The quantitative estimate of drug-likeness (QED) is 0.183. The first-order chi connectivity index (χ1) is 19.9. The number of nitrogens with zero attached hydrogens (tertiary/aromatic N) is 2. The van der Waals surface area contributed by atoms with Gasteiger partial charge in [0.1, 0.15) is 11.7 Å². The van der Waals surface area contributed by atoms with Crippen LogP contribution in [0.1, 0.15) is 42.5 Å². The molecule has 0 aliphatic carbocycles. The van der Waals surface area contributed by atoms with Crippen molar-refractivity contribution in [2.24, 2.45) is 11.3 Å². The van der Waals surface area contributed by atoms with Gasteiger partial charge in [0.25, 0.3) is 5.91 Å². The first kappa shape index (κ1) is 31.7. The second-order valence-corrected chi connectivity index (χ2v) is 11.1. The average Bonchev–Trinajstić information content (AvgIpc) is 3.42. The molecule has 0 saturated heterocycles. The highest BCUT2D eigenvalue weighted by Gasteiger charge is 2.42. The summed E-state index contributed by atoms with van der Waals surface area (Å²) in [5, 5.41) is 24.2. The zero-order valence-electron chi connectivity index (χ0n) is 23.3. The van der Waals surface area contributed by atoms with E-state index < -0.39 is 53.6 Å². The second kappa shape index (κ2) is 14.7. The molecule has 1 aromatic carbocycles. The third kappa shape index (κ3) is 9.66. The van der Waals surface area contributed by atoms with E-state index in [0.29, 0.717) is 12.2 Å². The average molecular weight is 596 g/mol. The van der Waals surface area contributed by atoms with Gasteiger partial charge in [-0.15, -0.1) is 11.3 Å². The largest absolute Gasteiger partial charge is 0.481 e. The van der Waals surface area contributed by atoms with Gasteiger partial charge < -0.3 is 26.4 Å². The predicted molar refractivity (Wildman–Crippen MR) is 155 cm³/mol. The molecule has 14 heteroatoms. The zero-order valence-corrected chi connectivity index (χ0v) is 24.2. The minimum atomic E-state index is -1.43. The maximum absolute atomic E-state index is 13.1. The van der Waals surface area contributed by atoms with Gasteiger partial charge in [0.05, 0.1) is 24.7 Å². The Morgan fingerprint density at radius 3 is 2.29 bits per heavy atom. The molecule has 0 aliphatic heterocycles. The number of rotatable bonds is 12. The summed E-state index contributed by atoms with van der Waals surface area (Å²) >= 11 is 1.02. The Bertz CT molecular complexity index is 1390. The van der Waals surface area contributed by atoms with E-state index in [1.165, 1.54) is 5.38 Å². The summed E-state index contributed by atoms with van der Waals surface area (Å²) in [7, 11) is 0. The lowest BCUT2D eigenvalue weighted by atomic mass is 9.75. The van der Waals surface area contributed by atoms with Gasteiger partial charge in [-0.2, -0.15) is 0 Å². The van der Waals surface area contributed by atoms with Crippen molar-refractivity contribution in [2.45, 2.75) is 39.9 Å². The number of amides is 5. The number of nitrogens with one attached hydrogen (secondary N) is 5. The summed E-state index contributed by atoms with van der Waals surface area (Å²) in [5.41, 5.74) is 0.535.